The summed E-state index contributed by atoms with van der Waals surface area (Å²) in [5.41, 5.74) is 11.7. The van der Waals surface area contributed by atoms with Crippen molar-refractivity contribution in [1.82, 2.24) is 24.8 Å². The van der Waals surface area contributed by atoms with Crippen molar-refractivity contribution in [3.05, 3.63) is 82.8 Å². The molecule has 5 rings (SSSR count). The molecular weight excluding hydrogens is 562 g/mol. The van der Waals surface area contributed by atoms with Crippen LogP contribution in [0.5, 0.6) is 0 Å². The van der Waals surface area contributed by atoms with Crippen LogP contribution in [0.1, 0.15) is 45.6 Å². The molecule has 0 spiro atoms. The molecule has 220 valence electrons. The van der Waals surface area contributed by atoms with E-state index in [9.17, 15) is 9.59 Å². The van der Waals surface area contributed by atoms with Gasteiger partial charge >= 0.3 is 0 Å². The van der Waals surface area contributed by atoms with Gasteiger partial charge in [-0.3, -0.25) is 19.8 Å². The summed E-state index contributed by atoms with van der Waals surface area (Å²) < 4.78 is 0. The van der Waals surface area contributed by atoms with Crippen molar-refractivity contribution in [2.24, 2.45) is 0 Å². The third-order valence-corrected chi connectivity index (χ3v) is 8.55. The minimum absolute atomic E-state index is 0.0127. The molecule has 1 aromatic carbocycles. The van der Waals surface area contributed by atoms with Gasteiger partial charge in [0.25, 0.3) is 5.91 Å². The van der Waals surface area contributed by atoms with Crippen LogP contribution in [0, 0.1) is 11.3 Å². The average molecular weight is 596 g/mol. The highest BCUT2D eigenvalue weighted by molar-refractivity contribution is 7.16. The van der Waals surface area contributed by atoms with Gasteiger partial charge in [0, 0.05) is 56.0 Å². The van der Waals surface area contributed by atoms with Crippen LogP contribution < -0.4 is 16.0 Å². The Morgan fingerprint density at radius 2 is 1.91 bits per heavy atom. The standard InChI is InChI=1S/C31H33N9O2S/c1-4-25(20-7-9-21(10-8-20)30(42)37-31-34-17-24(16-32)43-31)27-28(33)35-19-36-29(27)39(3)23-13-15-40(18-23)26(41)6-5-14-38(2)22-11-12-22/h5-10,17,19,22-23H,1,11-15,18H2,2-3H3,(H2,33,35,36)(H,34,37,42)/b6-5+/t23-/m1/s1. The van der Waals surface area contributed by atoms with Gasteiger partial charge in [0.2, 0.25) is 5.91 Å². The van der Waals surface area contributed by atoms with Crippen LogP contribution in [0.15, 0.2) is 61.3 Å². The number of carbonyl (C=O) groups is 2. The van der Waals surface area contributed by atoms with Gasteiger partial charge in [0.1, 0.15) is 28.9 Å². The Bertz CT molecular complexity index is 1630. The molecule has 1 saturated heterocycles. The molecule has 1 aliphatic heterocycles. The van der Waals surface area contributed by atoms with Gasteiger partial charge in [-0.15, -0.1) is 5.73 Å². The van der Waals surface area contributed by atoms with Crippen LogP contribution >= 0.6 is 11.3 Å². The summed E-state index contributed by atoms with van der Waals surface area (Å²) in [6.07, 6.45) is 9.72. The molecule has 0 radical (unpaired) electrons. The Kier molecular flexibility index (Phi) is 8.97. The number of hydrogen-bond donors (Lipinski definition) is 2. The van der Waals surface area contributed by atoms with Crippen LogP contribution in [-0.4, -0.2) is 82.4 Å². The van der Waals surface area contributed by atoms with E-state index >= 15 is 0 Å². The van der Waals surface area contributed by atoms with E-state index in [1.54, 1.807) is 30.3 Å². The number of amides is 2. The van der Waals surface area contributed by atoms with Crippen molar-refractivity contribution in [1.29, 1.82) is 5.26 Å². The fraction of sp³-hybridized carbons (Fsp3) is 0.323. The molecule has 43 heavy (non-hydrogen) atoms. The number of anilines is 3. The fourth-order valence-electron chi connectivity index (χ4n) is 5.09. The maximum atomic E-state index is 12.9. The van der Waals surface area contributed by atoms with Gasteiger partial charge in [-0.25, -0.2) is 15.0 Å². The first-order chi connectivity index (χ1) is 20.8. The third kappa shape index (κ3) is 6.81. The van der Waals surface area contributed by atoms with E-state index in [0.29, 0.717) is 51.7 Å². The number of thiazole rings is 1. The molecular formula is C31H33N9O2S. The van der Waals surface area contributed by atoms with E-state index in [4.69, 9.17) is 11.0 Å². The number of nitrogens with two attached hydrogens (primary N) is 1. The highest BCUT2D eigenvalue weighted by atomic mass is 32.1. The molecule has 0 unspecified atom stereocenters. The molecule has 11 nitrogen and oxygen atoms in total. The lowest BCUT2D eigenvalue weighted by molar-refractivity contribution is -0.125. The molecule has 0 bridgehead atoms. The SMILES string of the molecule is C=C=C(c1ccc(C(=O)Nc2ncc(C#N)s2)cc1)c1c(N)ncnc1N(C)[C@@H]1CCN(C(=O)/C=C/CN(C)C2CC2)C1. The molecule has 1 atom stereocenters. The van der Waals surface area contributed by atoms with Crippen LogP contribution in [-0.2, 0) is 4.79 Å². The van der Waals surface area contributed by atoms with Crippen LogP contribution in [0.4, 0.5) is 16.8 Å². The molecule has 3 heterocycles. The second-order valence-corrected chi connectivity index (χ2v) is 11.6. The van der Waals surface area contributed by atoms with Crippen molar-refractivity contribution >= 4 is 45.5 Å². The second kappa shape index (κ2) is 13.0. The molecule has 2 amide bonds. The van der Waals surface area contributed by atoms with E-state index < -0.39 is 0 Å². The quantitative estimate of drug-likeness (QED) is 0.266. The van der Waals surface area contributed by atoms with Gasteiger partial charge in [0.15, 0.2) is 5.13 Å². The summed E-state index contributed by atoms with van der Waals surface area (Å²) >= 11 is 1.10. The van der Waals surface area contributed by atoms with E-state index in [-0.39, 0.29) is 23.7 Å². The lowest BCUT2D eigenvalue weighted by Crippen LogP contribution is -2.37. The Morgan fingerprint density at radius 3 is 2.58 bits per heavy atom. The van der Waals surface area contributed by atoms with E-state index in [0.717, 1.165) is 29.9 Å². The molecule has 1 saturated carbocycles. The van der Waals surface area contributed by atoms with Gasteiger partial charge in [-0.05, 0) is 44.0 Å². The van der Waals surface area contributed by atoms with Crippen LogP contribution in [0.2, 0.25) is 0 Å². The van der Waals surface area contributed by atoms with E-state index in [1.165, 1.54) is 25.4 Å². The number of rotatable bonds is 10. The topological polar surface area (TPSA) is 144 Å². The minimum atomic E-state index is -0.345. The smallest absolute Gasteiger partial charge is 0.257 e. The van der Waals surface area contributed by atoms with Gasteiger partial charge in [-0.1, -0.05) is 36.1 Å². The average Bonchev–Trinajstić information content (AvgIpc) is 3.57. The number of carbonyl (C=O) groups excluding carboxylic acids is 2. The monoisotopic (exact) mass is 595 g/mol. The summed E-state index contributed by atoms with van der Waals surface area (Å²) in [5.74, 6) is 0.551. The summed E-state index contributed by atoms with van der Waals surface area (Å²) in [6, 6.07) is 9.61. The number of nitriles is 1. The van der Waals surface area contributed by atoms with Crippen molar-refractivity contribution in [3.8, 4) is 6.07 Å². The zero-order chi connectivity index (χ0) is 30.5. The number of benzene rings is 1. The molecule has 2 fully saturated rings. The maximum Gasteiger partial charge on any atom is 0.257 e. The molecule has 12 heteroatoms. The zero-order valence-electron chi connectivity index (χ0n) is 24.2. The third-order valence-electron chi connectivity index (χ3n) is 7.74. The molecule has 2 aromatic heterocycles. The van der Waals surface area contributed by atoms with Crippen LogP contribution in [0.25, 0.3) is 5.57 Å². The predicted molar refractivity (Wildman–Crippen MR) is 167 cm³/mol. The lowest BCUT2D eigenvalue weighted by Gasteiger charge is -2.28. The van der Waals surface area contributed by atoms with Crippen molar-refractivity contribution in [2.75, 3.05) is 49.7 Å². The maximum absolute atomic E-state index is 12.9. The summed E-state index contributed by atoms with van der Waals surface area (Å²) in [4.78, 5) is 45.0. The largest absolute Gasteiger partial charge is 0.383 e. The number of nitrogens with zero attached hydrogens (tertiary/aromatic N) is 7. The lowest BCUT2D eigenvalue weighted by atomic mass is 9.97. The number of nitrogen functional groups attached to an aromatic ring is 1. The minimum Gasteiger partial charge on any atom is -0.383 e. The first-order valence-electron chi connectivity index (χ1n) is 14.0. The molecule has 2 aliphatic rings. The molecule has 3 aromatic rings. The number of likely N-dealkylation sites (tertiary alicyclic amines) is 1. The highest BCUT2D eigenvalue weighted by Crippen LogP contribution is 2.34. The molecule has 1 aliphatic carbocycles. The summed E-state index contributed by atoms with van der Waals surface area (Å²) in [7, 11) is 4.03. The summed E-state index contributed by atoms with van der Waals surface area (Å²) in [5, 5.41) is 12.0. The predicted octanol–water partition coefficient (Wildman–Crippen LogP) is 3.54. The zero-order valence-corrected chi connectivity index (χ0v) is 25.0. The number of aromatic nitrogens is 3. The molecule has 3 N–H and O–H groups in total. The Balaban J connectivity index is 1.29. The van der Waals surface area contributed by atoms with E-state index in [2.05, 4.69) is 44.5 Å². The summed E-state index contributed by atoms with van der Waals surface area (Å²) in [6.45, 7) is 5.89. The number of likely N-dealkylation sites (N-methyl/N-ethyl adjacent to an activating group) is 2. The first-order valence-corrected chi connectivity index (χ1v) is 14.8. The van der Waals surface area contributed by atoms with Gasteiger partial charge in [-0.2, -0.15) is 5.26 Å². The van der Waals surface area contributed by atoms with Gasteiger partial charge in [0.05, 0.1) is 11.8 Å². The van der Waals surface area contributed by atoms with Crippen molar-refractivity contribution in [3.63, 3.8) is 0 Å². The van der Waals surface area contributed by atoms with Crippen molar-refractivity contribution < 1.29 is 9.59 Å². The first kappa shape index (κ1) is 29.7. The van der Waals surface area contributed by atoms with Gasteiger partial charge < -0.3 is 15.5 Å². The number of hydrogen-bond acceptors (Lipinski definition) is 10. The van der Waals surface area contributed by atoms with E-state index in [1.807, 2.05) is 29.0 Å². The highest BCUT2D eigenvalue weighted by Gasteiger charge is 2.31. The van der Waals surface area contributed by atoms with Crippen LogP contribution in [0.3, 0.4) is 0 Å². The second-order valence-electron chi connectivity index (χ2n) is 10.6. The fourth-order valence-corrected chi connectivity index (χ4v) is 5.70. The van der Waals surface area contributed by atoms with Crippen molar-refractivity contribution in [2.45, 2.75) is 31.3 Å². The number of nitrogens with one attached hydrogen (secondary N) is 1. The Labute approximate surface area is 254 Å². The Hall–Kier alpha value is -4.82. The normalized spacial score (nSPS) is 16.2. The Morgan fingerprint density at radius 1 is 1.16 bits per heavy atom.